The predicted octanol–water partition coefficient (Wildman–Crippen LogP) is -1.62. The third-order valence-electron chi connectivity index (χ3n) is 5.71. The van der Waals surface area contributed by atoms with Gasteiger partial charge in [-0.3, -0.25) is 19.9 Å². The van der Waals surface area contributed by atoms with Crippen LogP contribution in [0.4, 0.5) is 5.69 Å². The number of carbonyl (C=O) groups excluding carboxylic acids is 2. The van der Waals surface area contributed by atoms with E-state index in [1.807, 2.05) is 30.1 Å². The van der Waals surface area contributed by atoms with Crippen LogP contribution in [0, 0.1) is 0 Å². The Hall–Kier alpha value is -2.29. The standard InChI is InChI=1S/C21H31N5O3.BrH/c1-25(16-6-3-2-4-7-16)20(28)8-5-11-29-17-9-10-18-15(12-17)13-26(14-19(22)27)21(23)24-18;/h9-10,12,16H,2-8,11,13-14H2,1H3,(H4,22,23,24,27);1H. The van der Waals surface area contributed by atoms with Gasteiger partial charge in [0, 0.05) is 25.1 Å². The van der Waals surface area contributed by atoms with Crippen LogP contribution in [0.1, 0.15) is 50.5 Å². The number of primary amides is 1. The molecule has 1 aromatic carbocycles. The zero-order valence-electron chi connectivity index (χ0n) is 17.5. The van der Waals surface area contributed by atoms with Crippen LogP contribution in [0.25, 0.3) is 0 Å². The van der Waals surface area contributed by atoms with Gasteiger partial charge >= 0.3 is 5.96 Å². The Morgan fingerprint density at radius 3 is 2.70 bits per heavy atom. The molecule has 0 radical (unpaired) electrons. The van der Waals surface area contributed by atoms with Gasteiger partial charge in [-0.05, 0) is 37.5 Å². The summed E-state index contributed by atoms with van der Waals surface area (Å²) in [5, 5.41) is 3.08. The summed E-state index contributed by atoms with van der Waals surface area (Å²) in [5.41, 5.74) is 13.1. The third-order valence-corrected chi connectivity index (χ3v) is 5.71. The number of carbonyl (C=O) groups is 2. The average Bonchev–Trinajstić information content (AvgIpc) is 2.71. The first-order valence-electron chi connectivity index (χ1n) is 10.4. The molecular formula is C21H32BrN5O3. The normalized spacial score (nSPS) is 16.2. The Bertz CT molecular complexity index is 793. The second-order valence-electron chi connectivity index (χ2n) is 7.90. The van der Waals surface area contributed by atoms with Gasteiger partial charge in [0.2, 0.25) is 5.91 Å². The lowest BCUT2D eigenvalue weighted by Gasteiger charge is -2.31. The molecular weight excluding hydrogens is 450 g/mol. The molecule has 1 aliphatic carbocycles. The Balaban J connectivity index is 0.00000320. The van der Waals surface area contributed by atoms with E-state index in [1.54, 1.807) is 4.58 Å². The molecule has 0 atom stereocenters. The van der Waals surface area contributed by atoms with Crippen molar-refractivity contribution in [1.82, 2.24) is 4.90 Å². The van der Waals surface area contributed by atoms with E-state index in [1.165, 1.54) is 19.3 Å². The number of nitrogens with two attached hydrogens (primary N) is 2. The maximum absolute atomic E-state index is 12.4. The minimum absolute atomic E-state index is 0. The Morgan fingerprint density at radius 1 is 1.27 bits per heavy atom. The second-order valence-corrected chi connectivity index (χ2v) is 7.90. The van der Waals surface area contributed by atoms with E-state index >= 15 is 0 Å². The van der Waals surface area contributed by atoms with Crippen molar-refractivity contribution in [3.05, 3.63) is 23.8 Å². The average molecular weight is 482 g/mol. The highest BCUT2D eigenvalue weighted by Crippen LogP contribution is 2.25. The molecule has 30 heavy (non-hydrogen) atoms. The summed E-state index contributed by atoms with van der Waals surface area (Å²) in [4.78, 5) is 25.5. The number of hydrogen-bond acceptors (Lipinski definition) is 5. The molecule has 1 aliphatic heterocycles. The Morgan fingerprint density at radius 2 is 2.00 bits per heavy atom. The van der Waals surface area contributed by atoms with Gasteiger partial charge in [-0.2, -0.15) is 0 Å². The molecule has 3 rings (SSSR count). The number of rotatable bonds is 8. The Labute approximate surface area is 188 Å². The molecule has 0 unspecified atom stereocenters. The van der Waals surface area contributed by atoms with Crippen molar-refractivity contribution in [2.45, 2.75) is 57.5 Å². The molecule has 0 aromatic heterocycles. The van der Waals surface area contributed by atoms with Crippen molar-refractivity contribution in [2.75, 3.05) is 25.5 Å². The summed E-state index contributed by atoms with van der Waals surface area (Å²) in [6, 6.07) is 6.11. The number of hydrogen-bond donors (Lipinski definition) is 3. The number of nitrogens with one attached hydrogen (secondary N) is 1. The summed E-state index contributed by atoms with van der Waals surface area (Å²) in [6.45, 7) is 1.02. The monoisotopic (exact) mass is 481 g/mol. The van der Waals surface area contributed by atoms with Gasteiger partial charge in [-0.1, -0.05) is 19.3 Å². The maximum atomic E-state index is 12.4. The van der Waals surface area contributed by atoms with Crippen LogP contribution >= 0.6 is 0 Å². The maximum Gasteiger partial charge on any atom is 0.349 e. The summed E-state index contributed by atoms with van der Waals surface area (Å²) in [6.07, 6.45) is 7.15. The largest absolute Gasteiger partial charge is 1.00 e. The molecule has 5 N–H and O–H groups in total. The van der Waals surface area contributed by atoms with Crippen molar-refractivity contribution in [2.24, 2.45) is 11.5 Å². The zero-order chi connectivity index (χ0) is 20.8. The molecule has 166 valence electrons. The zero-order valence-corrected chi connectivity index (χ0v) is 19.1. The van der Waals surface area contributed by atoms with Gasteiger partial charge in [0.25, 0.3) is 5.91 Å². The summed E-state index contributed by atoms with van der Waals surface area (Å²) >= 11 is 0. The van der Waals surface area contributed by atoms with E-state index in [0.717, 1.165) is 29.8 Å². The van der Waals surface area contributed by atoms with Crippen molar-refractivity contribution in [3.63, 3.8) is 0 Å². The van der Waals surface area contributed by atoms with Crippen molar-refractivity contribution in [3.8, 4) is 5.75 Å². The van der Waals surface area contributed by atoms with Gasteiger partial charge in [0.1, 0.15) is 18.0 Å². The number of anilines is 1. The number of benzene rings is 1. The van der Waals surface area contributed by atoms with E-state index in [-0.39, 0.29) is 29.4 Å². The minimum atomic E-state index is -0.437. The molecule has 0 saturated heterocycles. The van der Waals surface area contributed by atoms with Crippen LogP contribution in [0.3, 0.4) is 0 Å². The lowest BCUT2D eigenvalue weighted by atomic mass is 9.94. The SMILES string of the molecule is CN(C(=O)CCCOc1ccc2c(c1)C[N+](CC(N)=O)=C(N)N2)C1CCCCC1.[Br-]. The van der Waals surface area contributed by atoms with Gasteiger partial charge in [-0.15, -0.1) is 0 Å². The number of fused-ring (bicyclic) bond motifs is 1. The highest BCUT2D eigenvalue weighted by molar-refractivity contribution is 5.91. The topological polar surface area (TPSA) is 114 Å². The fourth-order valence-corrected chi connectivity index (χ4v) is 4.01. The minimum Gasteiger partial charge on any atom is -1.00 e. The quantitative estimate of drug-likeness (QED) is 0.305. The molecule has 1 aromatic rings. The first-order valence-corrected chi connectivity index (χ1v) is 10.4. The molecule has 1 fully saturated rings. The summed E-state index contributed by atoms with van der Waals surface area (Å²) in [7, 11) is 1.93. The van der Waals surface area contributed by atoms with E-state index < -0.39 is 5.91 Å². The number of halogens is 1. The smallest absolute Gasteiger partial charge is 0.349 e. The van der Waals surface area contributed by atoms with E-state index in [2.05, 4.69) is 5.32 Å². The van der Waals surface area contributed by atoms with Gasteiger partial charge in [-0.25, -0.2) is 5.32 Å². The van der Waals surface area contributed by atoms with Gasteiger partial charge < -0.3 is 32.4 Å². The summed E-state index contributed by atoms with van der Waals surface area (Å²) < 4.78 is 7.53. The van der Waals surface area contributed by atoms with Crippen molar-refractivity contribution < 1.29 is 35.9 Å². The highest BCUT2D eigenvalue weighted by atomic mass is 79.9. The van der Waals surface area contributed by atoms with Crippen molar-refractivity contribution in [1.29, 1.82) is 0 Å². The highest BCUT2D eigenvalue weighted by Gasteiger charge is 2.23. The molecule has 2 amide bonds. The van der Waals surface area contributed by atoms with E-state index in [0.29, 0.717) is 38.0 Å². The Kier molecular flexibility index (Phi) is 8.95. The van der Waals surface area contributed by atoms with Gasteiger partial charge in [0.05, 0.1) is 13.2 Å². The molecule has 0 spiro atoms. The molecule has 0 bridgehead atoms. The number of guanidine groups is 1. The lowest BCUT2D eigenvalue weighted by molar-refractivity contribution is -0.534. The van der Waals surface area contributed by atoms with Crippen LogP contribution in [0.5, 0.6) is 5.75 Å². The predicted molar refractivity (Wildman–Crippen MR) is 112 cm³/mol. The molecule has 2 aliphatic rings. The number of nitrogens with zero attached hydrogens (tertiary/aromatic N) is 2. The van der Waals surface area contributed by atoms with Crippen LogP contribution in [-0.2, 0) is 16.1 Å². The molecule has 8 nitrogen and oxygen atoms in total. The molecule has 9 heteroatoms. The van der Waals surface area contributed by atoms with E-state index in [9.17, 15) is 9.59 Å². The lowest BCUT2D eigenvalue weighted by Crippen LogP contribution is -3.00. The first-order chi connectivity index (χ1) is 13.9. The van der Waals surface area contributed by atoms with Crippen molar-refractivity contribution >= 4 is 23.5 Å². The van der Waals surface area contributed by atoms with Crippen LogP contribution in [-0.4, -0.2) is 53.5 Å². The number of amides is 2. The second kappa shape index (κ2) is 11.2. The van der Waals surface area contributed by atoms with Gasteiger partial charge in [0.15, 0.2) is 0 Å². The van der Waals surface area contributed by atoms with Crippen LogP contribution < -0.4 is 38.5 Å². The van der Waals surface area contributed by atoms with Crippen LogP contribution in [0.2, 0.25) is 0 Å². The number of ether oxygens (including phenoxy) is 1. The molecule has 1 saturated carbocycles. The first kappa shape index (κ1) is 24.0. The summed E-state index contributed by atoms with van der Waals surface area (Å²) in [5.74, 6) is 0.903. The van der Waals surface area contributed by atoms with Crippen LogP contribution in [0.15, 0.2) is 18.2 Å². The van der Waals surface area contributed by atoms with E-state index in [4.69, 9.17) is 16.2 Å². The fourth-order valence-electron chi connectivity index (χ4n) is 4.01. The third kappa shape index (κ3) is 6.35. The molecule has 1 heterocycles. The fraction of sp³-hybridized carbons (Fsp3) is 0.571.